The average molecular weight is 217 g/mol. The van der Waals surface area contributed by atoms with Crippen molar-refractivity contribution in [3.8, 4) is 11.3 Å². The maximum absolute atomic E-state index is 5.67. The number of fused-ring (bicyclic) bond motifs is 1. The molecule has 1 aliphatic heterocycles. The fourth-order valence-corrected chi connectivity index (χ4v) is 2.31. The molecule has 84 valence electrons. The van der Waals surface area contributed by atoms with Crippen LogP contribution in [0.15, 0.2) is 16.7 Å². The van der Waals surface area contributed by atoms with Gasteiger partial charge in [0.25, 0.3) is 0 Å². The van der Waals surface area contributed by atoms with Crippen LogP contribution < -0.4 is 5.32 Å². The molecule has 2 aromatic rings. The van der Waals surface area contributed by atoms with Crippen molar-refractivity contribution in [3.63, 3.8) is 0 Å². The summed E-state index contributed by atoms with van der Waals surface area (Å²) in [5.41, 5.74) is 3.44. The first-order valence-electron chi connectivity index (χ1n) is 5.59. The molecule has 0 bridgehead atoms. The van der Waals surface area contributed by atoms with E-state index < -0.39 is 0 Å². The second-order valence-corrected chi connectivity index (χ2v) is 4.19. The van der Waals surface area contributed by atoms with Crippen molar-refractivity contribution in [2.45, 2.75) is 26.9 Å². The van der Waals surface area contributed by atoms with Crippen LogP contribution in [-0.4, -0.2) is 16.1 Å². The van der Waals surface area contributed by atoms with Crippen molar-refractivity contribution in [2.75, 3.05) is 6.54 Å². The third-order valence-electron chi connectivity index (χ3n) is 3.05. The lowest BCUT2D eigenvalue weighted by atomic mass is 10.1. The third-order valence-corrected chi connectivity index (χ3v) is 3.05. The van der Waals surface area contributed by atoms with E-state index in [-0.39, 0.29) is 0 Å². The van der Waals surface area contributed by atoms with Gasteiger partial charge in [-0.25, -0.2) is 4.98 Å². The number of hydrogen-bond acceptors (Lipinski definition) is 3. The summed E-state index contributed by atoms with van der Waals surface area (Å²) in [4.78, 5) is 4.32. The predicted molar refractivity (Wildman–Crippen MR) is 61.1 cm³/mol. The molecule has 0 atom stereocenters. The monoisotopic (exact) mass is 217 g/mol. The zero-order valence-electron chi connectivity index (χ0n) is 9.58. The number of aromatic nitrogens is 2. The normalized spacial score (nSPS) is 15.1. The van der Waals surface area contributed by atoms with Gasteiger partial charge < -0.3 is 14.3 Å². The smallest absolute Gasteiger partial charge is 0.192 e. The van der Waals surface area contributed by atoms with Crippen LogP contribution in [0.1, 0.15) is 17.3 Å². The third kappa shape index (κ3) is 1.38. The van der Waals surface area contributed by atoms with E-state index in [2.05, 4.69) is 27.1 Å². The lowest BCUT2D eigenvalue weighted by molar-refractivity contribution is 0.510. The van der Waals surface area contributed by atoms with Gasteiger partial charge in [-0.1, -0.05) is 0 Å². The number of nitrogens with one attached hydrogen (secondary N) is 1. The minimum absolute atomic E-state index is 0.733. The molecule has 0 spiro atoms. The van der Waals surface area contributed by atoms with Crippen LogP contribution in [-0.2, 0) is 13.1 Å². The van der Waals surface area contributed by atoms with Gasteiger partial charge in [0.1, 0.15) is 0 Å². The van der Waals surface area contributed by atoms with Gasteiger partial charge >= 0.3 is 0 Å². The Bertz CT molecular complexity index is 524. The molecular weight excluding hydrogens is 202 g/mol. The van der Waals surface area contributed by atoms with Crippen molar-refractivity contribution in [1.29, 1.82) is 0 Å². The maximum atomic E-state index is 5.67. The standard InChI is InChI=1S/C12H15N3O/c1-8-12(16-9(2)14-8)10-3-5-15-6-4-13-7-11(10)15/h3,5,13H,4,6-7H2,1-2H3. The van der Waals surface area contributed by atoms with Gasteiger partial charge in [0.15, 0.2) is 11.7 Å². The first-order chi connectivity index (χ1) is 7.75. The van der Waals surface area contributed by atoms with Crippen LogP contribution >= 0.6 is 0 Å². The lowest BCUT2D eigenvalue weighted by Gasteiger charge is -2.17. The van der Waals surface area contributed by atoms with E-state index in [0.29, 0.717) is 0 Å². The molecule has 0 amide bonds. The number of nitrogens with zero attached hydrogens (tertiary/aromatic N) is 2. The van der Waals surface area contributed by atoms with Crippen LogP contribution in [0.3, 0.4) is 0 Å². The number of aryl methyl sites for hydroxylation is 2. The zero-order valence-corrected chi connectivity index (χ0v) is 9.58. The summed E-state index contributed by atoms with van der Waals surface area (Å²) < 4.78 is 7.95. The van der Waals surface area contributed by atoms with E-state index in [9.17, 15) is 0 Å². The zero-order chi connectivity index (χ0) is 11.1. The van der Waals surface area contributed by atoms with Crippen molar-refractivity contribution < 1.29 is 4.42 Å². The van der Waals surface area contributed by atoms with Crippen molar-refractivity contribution in [3.05, 3.63) is 29.5 Å². The quantitative estimate of drug-likeness (QED) is 0.793. The van der Waals surface area contributed by atoms with Gasteiger partial charge in [-0.15, -0.1) is 0 Å². The van der Waals surface area contributed by atoms with Crippen molar-refractivity contribution in [2.24, 2.45) is 0 Å². The highest BCUT2D eigenvalue weighted by atomic mass is 16.4. The Hall–Kier alpha value is -1.55. The Kier molecular flexibility index (Phi) is 2.11. The molecule has 2 aromatic heterocycles. The molecular formula is C12H15N3O. The highest BCUT2D eigenvalue weighted by molar-refractivity contribution is 5.63. The Morgan fingerprint density at radius 3 is 3.06 bits per heavy atom. The van der Waals surface area contributed by atoms with Crippen LogP contribution in [0.25, 0.3) is 11.3 Å². The topological polar surface area (TPSA) is 43.0 Å². The first-order valence-corrected chi connectivity index (χ1v) is 5.59. The molecule has 16 heavy (non-hydrogen) atoms. The van der Waals surface area contributed by atoms with Gasteiger partial charge in [-0.2, -0.15) is 0 Å². The van der Waals surface area contributed by atoms with Gasteiger partial charge in [0, 0.05) is 44.0 Å². The fourth-order valence-electron chi connectivity index (χ4n) is 2.31. The van der Waals surface area contributed by atoms with Crippen molar-refractivity contribution >= 4 is 0 Å². The maximum Gasteiger partial charge on any atom is 0.192 e. The minimum Gasteiger partial charge on any atom is -0.441 e. The van der Waals surface area contributed by atoms with E-state index in [0.717, 1.165) is 37.0 Å². The molecule has 4 nitrogen and oxygen atoms in total. The largest absolute Gasteiger partial charge is 0.441 e. The van der Waals surface area contributed by atoms with Crippen molar-refractivity contribution in [1.82, 2.24) is 14.9 Å². The molecule has 0 fully saturated rings. The van der Waals surface area contributed by atoms with E-state index in [1.807, 2.05) is 13.8 Å². The van der Waals surface area contributed by atoms with E-state index >= 15 is 0 Å². The van der Waals surface area contributed by atoms with Crippen LogP contribution in [0.5, 0.6) is 0 Å². The Morgan fingerprint density at radius 2 is 2.31 bits per heavy atom. The van der Waals surface area contributed by atoms with Crippen LogP contribution in [0.4, 0.5) is 0 Å². The number of rotatable bonds is 1. The summed E-state index contributed by atoms with van der Waals surface area (Å²) in [7, 11) is 0. The summed E-state index contributed by atoms with van der Waals surface area (Å²) in [6.07, 6.45) is 2.13. The number of oxazole rings is 1. The second-order valence-electron chi connectivity index (χ2n) is 4.19. The summed E-state index contributed by atoms with van der Waals surface area (Å²) in [5, 5.41) is 3.38. The number of hydrogen-bond donors (Lipinski definition) is 1. The first kappa shape index (κ1) is 9.66. The Balaban J connectivity index is 2.13. The minimum atomic E-state index is 0.733. The molecule has 1 N–H and O–H groups in total. The van der Waals surface area contributed by atoms with E-state index in [1.54, 1.807) is 0 Å². The van der Waals surface area contributed by atoms with Crippen LogP contribution in [0, 0.1) is 13.8 Å². The summed E-state index contributed by atoms with van der Waals surface area (Å²) in [6, 6.07) is 2.12. The molecule has 3 heterocycles. The van der Waals surface area contributed by atoms with Gasteiger partial charge in [-0.05, 0) is 13.0 Å². The predicted octanol–water partition coefficient (Wildman–Crippen LogP) is 1.86. The summed E-state index contributed by atoms with van der Waals surface area (Å²) >= 11 is 0. The summed E-state index contributed by atoms with van der Waals surface area (Å²) in [5.74, 6) is 1.64. The van der Waals surface area contributed by atoms with Gasteiger partial charge in [0.05, 0.1) is 5.69 Å². The van der Waals surface area contributed by atoms with Crippen LogP contribution in [0.2, 0.25) is 0 Å². The molecule has 0 saturated heterocycles. The van der Waals surface area contributed by atoms with E-state index in [1.165, 1.54) is 11.3 Å². The highest BCUT2D eigenvalue weighted by Crippen LogP contribution is 2.29. The SMILES string of the molecule is Cc1nc(C)c(-c2ccn3c2CNCC3)o1. The Morgan fingerprint density at radius 1 is 1.44 bits per heavy atom. The fraction of sp³-hybridized carbons (Fsp3) is 0.417. The molecule has 0 aliphatic carbocycles. The van der Waals surface area contributed by atoms with E-state index in [4.69, 9.17) is 4.42 Å². The second kappa shape index (κ2) is 3.49. The molecule has 0 saturated carbocycles. The molecule has 4 heteroatoms. The Labute approximate surface area is 94.3 Å². The molecule has 0 unspecified atom stereocenters. The molecule has 0 aromatic carbocycles. The average Bonchev–Trinajstić information content (AvgIpc) is 2.81. The lowest BCUT2D eigenvalue weighted by Crippen LogP contribution is -2.27. The molecule has 3 rings (SSSR count). The molecule has 1 aliphatic rings. The van der Waals surface area contributed by atoms with Gasteiger partial charge in [-0.3, -0.25) is 0 Å². The summed E-state index contributed by atoms with van der Waals surface area (Å²) in [6.45, 7) is 6.85. The van der Waals surface area contributed by atoms with Gasteiger partial charge in [0.2, 0.25) is 0 Å². The highest BCUT2D eigenvalue weighted by Gasteiger charge is 2.18. The molecule has 0 radical (unpaired) electrons.